The molecule has 4 nitrogen and oxygen atoms in total. The molecule has 0 bridgehead atoms. The van der Waals surface area contributed by atoms with Gasteiger partial charge in [0.15, 0.2) is 11.5 Å². The summed E-state index contributed by atoms with van der Waals surface area (Å²) in [4.78, 5) is 0. The second-order valence-electron chi connectivity index (χ2n) is 3.54. The van der Waals surface area contributed by atoms with Gasteiger partial charge in [-0.3, -0.25) is 0 Å². The van der Waals surface area contributed by atoms with Crippen LogP contribution in [0.4, 0.5) is 13.2 Å². The monoisotopic (exact) mass is 252 g/mol. The molecule has 0 unspecified atom stereocenters. The number of nitrogens with one attached hydrogen (secondary N) is 1. The number of alkyl halides is 3. The smallest absolute Gasteiger partial charge is 0.396 e. The first kappa shape index (κ1) is 14.0. The number of aliphatic hydroxyl groups is 1. The summed E-state index contributed by atoms with van der Waals surface area (Å²) < 4.78 is 42.2. The predicted octanol–water partition coefficient (Wildman–Crippen LogP) is 1.73. The van der Waals surface area contributed by atoms with Crippen LogP contribution < -0.4 is 5.32 Å². The minimum absolute atomic E-state index is 0.0395. The molecule has 0 saturated carbocycles. The Morgan fingerprint density at radius 2 is 2.12 bits per heavy atom. The second-order valence-corrected chi connectivity index (χ2v) is 3.54. The Morgan fingerprint density at radius 3 is 2.65 bits per heavy atom. The lowest BCUT2D eigenvalue weighted by Crippen LogP contribution is -2.16. The van der Waals surface area contributed by atoms with Gasteiger partial charge in [0.25, 0.3) is 0 Å². The molecule has 1 aromatic heterocycles. The minimum Gasteiger partial charge on any atom is -0.396 e. The van der Waals surface area contributed by atoms with E-state index < -0.39 is 11.9 Å². The van der Waals surface area contributed by atoms with Gasteiger partial charge in [0, 0.05) is 12.2 Å². The fraction of sp³-hybridized carbons (Fsp3) is 0.700. The van der Waals surface area contributed by atoms with Gasteiger partial charge in [-0.2, -0.15) is 13.2 Å². The highest BCUT2D eigenvalue weighted by molar-refractivity contribution is 5.25. The highest BCUT2D eigenvalue weighted by Crippen LogP contribution is 2.32. The third-order valence-corrected chi connectivity index (χ3v) is 2.29. The van der Waals surface area contributed by atoms with Gasteiger partial charge < -0.3 is 14.9 Å². The van der Waals surface area contributed by atoms with Crippen molar-refractivity contribution in [3.8, 4) is 0 Å². The molecule has 1 heterocycles. The van der Waals surface area contributed by atoms with Gasteiger partial charge in [0.05, 0.1) is 6.54 Å². The van der Waals surface area contributed by atoms with Crippen LogP contribution in [0.15, 0.2) is 4.52 Å². The lowest BCUT2D eigenvalue weighted by molar-refractivity contribution is -0.143. The summed E-state index contributed by atoms with van der Waals surface area (Å²) in [6, 6.07) is 0. The minimum atomic E-state index is -4.47. The summed E-state index contributed by atoms with van der Waals surface area (Å²) in [7, 11) is 0. The number of rotatable bonds is 6. The summed E-state index contributed by atoms with van der Waals surface area (Å²) in [5.74, 6) is 0.206. The fourth-order valence-corrected chi connectivity index (χ4v) is 1.48. The zero-order valence-corrected chi connectivity index (χ0v) is 9.47. The van der Waals surface area contributed by atoms with Crippen LogP contribution in [0.2, 0.25) is 0 Å². The molecule has 0 aliphatic heterocycles. The first-order valence-corrected chi connectivity index (χ1v) is 5.36. The number of aromatic nitrogens is 1. The third kappa shape index (κ3) is 3.71. The standard InChI is InChI=1S/C10H15F3N2O2/c1-2-7-8(6-14-4-3-5-16)17-15-9(7)10(11,12)13/h14,16H,2-6H2,1H3. The molecule has 0 aliphatic carbocycles. The summed E-state index contributed by atoms with van der Waals surface area (Å²) >= 11 is 0. The Labute approximate surface area is 96.8 Å². The van der Waals surface area contributed by atoms with Crippen molar-refractivity contribution in [2.24, 2.45) is 0 Å². The van der Waals surface area contributed by atoms with Crippen LogP contribution in [-0.4, -0.2) is 23.4 Å². The molecule has 0 saturated heterocycles. The summed E-state index contributed by atoms with van der Waals surface area (Å²) in [6.07, 6.45) is -3.71. The number of nitrogens with zero attached hydrogens (tertiary/aromatic N) is 1. The average molecular weight is 252 g/mol. The van der Waals surface area contributed by atoms with Gasteiger partial charge in [-0.1, -0.05) is 12.1 Å². The summed E-state index contributed by atoms with van der Waals surface area (Å²) in [5, 5.41) is 14.5. The van der Waals surface area contributed by atoms with Crippen molar-refractivity contribution in [1.82, 2.24) is 10.5 Å². The Balaban J connectivity index is 2.70. The summed E-state index contributed by atoms with van der Waals surface area (Å²) in [5.41, 5.74) is -0.854. The maximum atomic E-state index is 12.5. The van der Waals surface area contributed by atoms with Gasteiger partial charge in [-0.15, -0.1) is 0 Å². The van der Waals surface area contributed by atoms with Crippen molar-refractivity contribution in [2.45, 2.75) is 32.5 Å². The Morgan fingerprint density at radius 1 is 1.41 bits per heavy atom. The number of hydrogen-bond acceptors (Lipinski definition) is 4. The lowest BCUT2D eigenvalue weighted by Gasteiger charge is -2.05. The zero-order chi connectivity index (χ0) is 12.9. The van der Waals surface area contributed by atoms with E-state index in [2.05, 4.69) is 10.5 Å². The van der Waals surface area contributed by atoms with Crippen molar-refractivity contribution in [2.75, 3.05) is 13.2 Å². The van der Waals surface area contributed by atoms with Gasteiger partial charge in [-0.05, 0) is 19.4 Å². The van der Waals surface area contributed by atoms with Crippen LogP contribution in [0, 0.1) is 0 Å². The molecule has 0 fully saturated rings. The van der Waals surface area contributed by atoms with Crippen LogP contribution in [0.1, 0.15) is 30.4 Å². The van der Waals surface area contributed by atoms with E-state index >= 15 is 0 Å². The molecule has 0 aliphatic rings. The summed E-state index contributed by atoms with van der Waals surface area (Å²) in [6.45, 7) is 2.37. The normalized spacial score (nSPS) is 12.1. The van der Waals surface area contributed by atoms with Crippen LogP contribution >= 0.6 is 0 Å². The van der Waals surface area contributed by atoms with Crippen molar-refractivity contribution < 1.29 is 22.8 Å². The molecule has 2 N–H and O–H groups in total. The van der Waals surface area contributed by atoms with E-state index in [1.165, 1.54) is 0 Å². The first-order valence-electron chi connectivity index (χ1n) is 5.36. The number of halogens is 3. The molecule has 0 spiro atoms. The van der Waals surface area contributed by atoms with E-state index in [4.69, 9.17) is 9.63 Å². The number of aliphatic hydroxyl groups excluding tert-OH is 1. The van der Waals surface area contributed by atoms with Crippen LogP contribution in [-0.2, 0) is 19.1 Å². The number of hydrogen-bond donors (Lipinski definition) is 2. The predicted molar refractivity (Wildman–Crippen MR) is 54.3 cm³/mol. The zero-order valence-electron chi connectivity index (χ0n) is 9.47. The molecular weight excluding hydrogens is 237 g/mol. The second kappa shape index (κ2) is 6.02. The lowest BCUT2D eigenvalue weighted by atomic mass is 10.1. The van der Waals surface area contributed by atoms with Crippen molar-refractivity contribution in [1.29, 1.82) is 0 Å². The van der Waals surface area contributed by atoms with Crippen LogP contribution in [0.3, 0.4) is 0 Å². The van der Waals surface area contributed by atoms with Crippen LogP contribution in [0.5, 0.6) is 0 Å². The van der Waals surface area contributed by atoms with Gasteiger partial charge in [0.2, 0.25) is 0 Å². The molecule has 7 heteroatoms. The molecule has 17 heavy (non-hydrogen) atoms. The molecule has 0 amide bonds. The van der Waals surface area contributed by atoms with Crippen LogP contribution in [0.25, 0.3) is 0 Å². The van der Waals surface area contributed by atoms with E-state index in [0.717, 1.165) is 0 Å². The highest BCUT2D eigenvalue weighted by Gasteiger charge is 2.38. The van der Waals surface area contributed by atoms with Crippen molar-refractivity contribution >= 4 is 0 Å². The molecule has 0 atom stereocenters. The maximum absolute atomic E-state index is 12.5. The first-order chi connectivity index (χ1) is 8.00. The van der Waals surface area contributed by atoms with E-state index in [0.29, 0.717) is 13.0 Å². The molecular formula is C10H15F3N2O2. The highest BCUT2D eigenvalue weighted by atomic mass is 19.4. The molecule has 1 aromatic rings. The topological polar surface area (TPSA) is 58.3 Å². The molecule has 0 radical (unpaired) electrons. The van der Waals surface area contributed by atoms with Gasteiger partial charge >= 0.3 is 6.18 Å². The Hall–Kier alpha value is -1.08. The largest absolute Gasteiger partial charge is 0.437 e. The van der Waals surface area contributed by atoms with Gasteiger partial charge in [0.1, 0.15) is 0 Å². The third-order valence-electron chi connectivity index (χ3n) is 2.29. The Bertz CT molecular complexity index is 350. The SMILES string of the molecule is CCc1c(C(F)(F)F)noc1CNCCCO. The van der Waals surface area contributed by atoms with E-state index in [1.807, 2.05) is 0 Å². The molecule has 98 valence electrons. The van der Waals surface area contributed by atoms with E-state index in [-0.39, 0.29) is 30.9 Å². The molecule has 0 aromatic carbocycles. The van der Waals surface area contributed by atoms with E-state index in [9.17, 15) is 13.2 Å². The van der Waals surface area contributed by atoms with Gasteiger partial charge in [-0.25, -0.2) is 0 Å². The van der Waals surface area contributed by atoms with Crippen molar-refractivity contribution in [3.63, 3.8) is 0 Å². The van der Waals surface area contributed by atoms with Crippen molar-refractivity contribution in [3.05, 3.63) is 17.0 Å². The van der Waals surface area contributed by atoms with E-state index in [1.54, 1.807) is 6.92 Å². The quantitative estimate of drug-likeness (QED) is 0.757. The average Bonchev–Trinajstić information content (AvgIpc) is 2.67. The Kier molecular flexibility index (Phi) is 4.95. The fourth-order valence-electron chi connectivity index (χ4n) is 1.48. The molecule has 1 rings (SSSR count). The maximum Gasteiger partial charge on any atom is 0.437 e.